The molecule has 6 saturated carbocycles. The number of fused-ring (bicyclic) bond motifs is 7. The predicted octanol–water partition coefficient (Wildman–Crippen LogP) is 11.2. The highest BCUT2D eigenvalue weighted by Crippen LogP contribution is 2.78. The molecule has 0 bridgehead atoms. The van der Waals surface area contributed by atoms with Crippen molar-refractivity contribution in [3.05, 3.63) is 54.3 Å². The van der Waals surface area contributed by atoms with Crippen molar-refractivity contribution in [2.24, 2.45) is 73.9 Å². The molecule has 7 fully saturated rings. The summed E-state index contributed by atoms with van der Waals surface area (Å²) in [7, 11) is 0. The van der Waals surface area contributed by atoms with Crippen LogP contribution in [0.15, 0.2) is 42.6 Å². The van der Waals surface area contributed by atoms with E-state index < -0.39 is 22.7 Å². The number of benzene rings is 1. The number of aromatic nitrogens is 2. The molecule has 0 unspecified atom stereocenters. The second-order valence-electron chi connectivity index (χ2n) is 23.0. The largest absolute Gasteiger partial charge is 0.481 e. The van der Waals surface area contributed by atoms with Crippen molar-refractivity contribution in [1.29, 1.82) is 0 Å². The van der Waals surface area contributed by atoms with E-state index in [4.69, 9.17) is 9.72 Å². The quantitative estimate of drug-likeness (QED) is 0.212. The van der Waals surface area contributed by atoms with Gasteiger partial charge in [0.2, 0.25) is 5.91 Å². The lowest BCUT2D eigenvalue weighted by Crippen LogP contribution is -2.67. The lowest BCUT2D eigenvalue weighted by atomic mass is 9.32. The van der Waals surface area contributed by atoms with Gasteiger partial charge in [0.25, 0.3) is 0 Å². The van der Waals surface area contributed by atoms with Gasteiger partial charge in [-0.15, -0.1) is 0 Å². The molecule has 7 aliphatic rings. The van der Waals surface area contributed by atoms with Gasteiger partial charge in [0.15, 0.2) is 0 Å². The minimum atomic E-state index is -0.825. The number of ether oxygens (including phenoxy) is 1. The number of halogens is 1. The van der Waals surface area contributed by atoms with E-state index >= 15 is 4.79 Å². The summed E-state index contributed by atoms with van der Waals surface area (Å²) in [5, 5.41) is 9.70. The summed E-state index contributed by atoms with van der Waals surface area (Å²) in [5.74, 6) is 0.943. The van der Waals surface area contributed by atoms with Crippen LogP contribution in [0.25, 0.3) is 11.3 Å². The number of carboxylic acids is 1. The number of carbonyl (C=O) groups excluding carboxylic acids is 2. The van der Waals surface area contributed by atoms with Gasteiger partial charge in [-0.3, -0.25) is 14.4 Å². The number of aromatic amines is 1. The number of imidazole rings is 1. The zero-order valence-electron chi connectivity index (χ0n) is 37.5. The van der Waals surface area contributed by atoms with Gasteiger partial charge in [-0.2, -0.15) is 0 Å². The van der Waals surface area contributed by atoms with Gasteiger partial charge in [0.1, 0.15) is 17.7 Å². The summed E-state index contributed by atoms with van der Waals surface area (Å²) in [6, 6.07) is 6.38. The number of carbonyl (C=O) groups is 3. The molecule has 8 nitrogen and oxygen atoms in total. The monoisotopic (exact) mass is 824 g/mol. The highest BCUT2D eigenvalue weighted by Gasteiger charge is 2.72. The maximum absolute atomic E-state index is 15.5. The number of rotatable bonds is 7. The van der Waals surface area contributed by atoms with E-state index in [2.05, 4.69) is 58.0 Å². The molecule has 60 heavy (non-hydrogen) atoms. The molecule has 326 valence electrons. The summed E-state index contributed by atoms with van der Waals surface area (Å²) in [6.07, 6.45) is 14.1. The molecule has 1 aliphatic heterocycles. The van der Waals surface area contributed by atoms with Crippen LogP contribution in [-0.2, 0) is 19.1 Å². The average Bonchev–Trinajstić information content (AvgIpc) is 3.95. The number of allylic oxidation sites excluding steroid dienone is 1. The molecule has 9 heteroatoms. The van der Waals surface area contributed by atoms with Crippen molar-refractivity contribution in [2.45, 2.75) is 151 Å². The Bertz CT molecular complexity index is 2070. The molecule has 2 aromatic rings. The fraction of sp³-hybridized carbons (Fsp3) is 0.725. The Labute approximate surface area is 357 Å². The molecular formula is C51H70FN3O5. The molecule has 2 heterocycles. The maximum atomic E-state index is 15.5. The van der Waals surface area contributed by atoms with Crippen LogP contribution >= 0.6 is 0 Å². The van der Waals surface area contributed by atoms with Crippen LogP contribution in [0, 0.1) is 79.7 Å². The van der Waals surface area contributed by atoms with E-state index in [0.29, 0.717) is 36.0 Å². The number of carboxylic acid groups (broad SMARTS) is 1. The van der Waals surface area contributed by atoms with Crippen molar-refractivity contribution in [3.63, 3.8) is 0 Å². The highest BCUT2D eigenvalue weighted by atomic mass is 19.1. The first-order chi connectivity index (χ1) is 28.2. The maximum Gasteiger partial charge on any atom is 0.309 e. The van der Waals surface area contributed by atoms with Crippen LogP contribution in [0.3, 0.4) is 0 Å². The summed E-state index contributed by atoms with van der Waals surface area (Å²) in [4.78, 5) is 51.6. The number of nitrogens with one attached hydrogen (secondary N) is 1. The smallest absolute Gasteiger partial charge is 0.309 e. The molecule has 2 N–H and O–H groups in total. The number of H-pyrrole nitrogens is 1. The molecule has 1 amide bonds. The van der Waals surface area contributed by atoms with Gasteiger partial charge in [0, 0.05) is 12.0 Å². The van der Waals surface area contributed by atoms with Crippen molar-refractivity contribution in [2.75, 3.05) is 6.54 Å². The first-order valence-corrected chi connectivity index (χ1v) is 23.4. The number of esters is 1. The molecular weight excluding hydrogens is 754 g/mol. The number of hydrogen-bond donors (Lipinski definition) is 2. The fourth-order valence-corrected chi connectivity index (χ4v) is 16.5. The Kier molecular flexibility index (Phi) is 9.77. The standard InChI is InChI=1S/C51H70FN3O5/c1-29(2)32-18-23-51(45(59)55-26-10-11-37(55)42-53-28-36(54-42)30-12-14-31(52)15-13-30)25-24-49(8)33(41(32)51)16-17-39-48(7)21-20-40(47(5,6)38(48)19-22-50(39,49)9)60-44(58)35-27-34(43(56)57)46(35,3)4/h12-15,28,32-35,37-41H,1,10-11,16-27H2,2-9H3,(H,53,54)(H,56,57)/t32-,33+,34-,35+,37-,38-,39+,40-,41+,48-,49+,50+,51-/m0/s1. The topological polar surface area (TPSA) is 113 Å². The third kappa shape index (κ3) is 5.77. The Hall–Kier alpha value is -3.49. The predicted molar refractivity (Wildman–Crippen MR) is 230 cm³/mol. The van der Waals surface area contributed by atoms with Gasteiger partial charge in [0.05, 0.1) is 35.2 Å². The third-order valence-corrected chi connectivity index (χ3v) is 20.1. The summed E-state index contributed by atoms with van der Waals surface area (Å²) in [5.41, 5.74) is 2.04. The van der Waals surface area contributed by atoms with Crippen LogP contribution in [-0.4, -0.2) is 50.5 Å². The summed E-state index contributed by atoms with van der Waals surface area (Å²) < 4.78 is 20.2. The number of likely N-dealkylation sites (tertiary alicyclic amines) is 1. The summed E-state index contributed by atoms with van der Waals surface area (Å²) in [6.45, 7) is 23.8. The summed E-state index contributed by atoms with van der Waals surface area (Å²) >= 11 is 0. The second kappa shape index (κ2) is 14.0. The normalized spacial score (nSPS) is 42.5. The van der Waals surface area contributed by atoms with E-state index in [-0.39, 0.29) is 57.4 Å². The average molecular weight is 824 g/mol. The van der Waals surface area contributed by atoms with Crippen molar-refractivity contribution in [3.8, 4) is 11.3 Å². The first kappa shape index (κ1) is 41.8. The molecule has 6 aliphatic carbocycles. The van der Waals surface area contributed by atoms with Crippen molar-refractivity contribution < 1.29 is 28.6 Å². The van der Waals surface area contributed by atoms with Crippen LogP contribution in [0.4, 0.5) is 4.39 Å². The van der Waals surface area contributed by atoms with Gasteiger partial charge in [-0.25, -0.2) is 9.37 Å². The first-order valence-electron chi connectivity index (χ1n) is 23.4. The molecule has 1 saturated heterocycles. The van der Waals surface area contributed by atoms with E-state index in [0.717, 1.165) is 101 Å². The third-order valence-electron chi connectivity index (χ3n) is 20.1. The number of hydrogen-bond acceptors (Lipinski definition) is 5. The van der Waals surface area contributed by atoms with Gasteiger partial charge >= 0.3 is 11.9 Å². The molecule has 1 aromatic heterocycles. The van der Waals surface area contributed by atoms with Crippen LogP contribution < -0.4 is 0 Å². The molecule has 0 radical (unpaired) electrons. The van der Waals surface area contributed by atoms with Gasteiger partial charge in [-0.1, -0.05) is 60.6 Å². The number of amides is 1. The van der Waals surface area contributed by atoms with Crippen molar-refractivity contribution >= 4 is 17.8 Å². The van der Waals surface area contributed by atoms with Crippen LogP contribution in [0.2, 0.25) is 0 Å². The van der Waals surface area contributed by atoms with Gasteiger partial charge < -0.3 is 19.7 Å². The van der Waals surface area contributed by atoms with E-state index in [1.807, 2.05) is 20.0 Å². The minimum absolute atomic E-state index is 0.0792. The Balaban J connectivity index is 0.965. The number of nitrogens with zero attached hydrogens (tertiary/aromatic N) is 2. The van der Waals surface area contributed by atoms with E-state index in [1.54, 1.807) is 12.1 Å². The molecule has 1 aromatic carbocycles. The molecule has 9 rings (SSSR count). The van der Waals surface area contributed by atoms with Crippen LogP contribution in [0.1, 0.15) is 151 Å². The Morgan fingerprint density at radius 2 is 1.58 bits per heavy atom. The minimum Gasteiger partial charge on any atom is -0.481 e. The number of aliphatic carboxylic acids is 1. The lowest BCUT2D eigenvalue weighted by Gasteiger charge is -2.73. The Morgan fingerprint density at radius 1 is 0.850 bits per heavy atom. The van der Waals surface area contributed by atoms with Crippen molar-refractivity contribution in [1.82, 2.24) is 14.9 Å². The van der Waals surface area contributed by atoms with E-state index in [1.165, 1.54) is 17.7 Å². The zero-order chi connectivity index (χ0) is 42.9. The molecule has 0 spiro atoms. The fourth-order valence-electron chi connectivity index (χ4n) is 16.5. The second-order valence-corrected chi connectivity index (χ2v) is 23.0. The van der Waals surface area contributed by atoms with E-state index in [9.17, 15) is 19.1 Å². The SMILES string of the molecule is C=C(C)[C@@H]1CC[C@]2(C(=O)N3CCC[C@H]3c3ncc(-c4ccc(F)cc4)[nH]3)CC[C@]3(C)[C@H](CC[C@@H]4[C@@]5(C)CC[C@H](OC(=O)[C@H]6C[C@@H](C(=O)O)C6(C)C)C(C)(C)[C@@H]5CC[C@]43C)[C@@H]12. The highest BCUT2D eigenvalue weighted by molar-refractivity contribution is 5.85. The Morgan fingerprint density at radius 3 is 2.27 bits per heavy atom. The lowest BCUT2D eigenvalue weighted by molar-refractivity contribution is -0.251. The zero-order valence-corrected chi connectivity index (χ0v) is 37.5. The molecule has 13 atom stereocenters. The van der Waals surface area contributed by atoms with Gasteiger partial charge in [-0.05, 0) is 171 Å². The van der Waals surface area contributed by atoms with Crippen LogP contribution in [0.5, 0.6) is 0 Å².